The highest BCUT2D eigenvalue weighted by Crippen LogP contribution is 2.23. The second-order valence-corrected chi connectivity index (χ2v) is 6.21. The van der Waals surface area contributed by atoms with E-state index in [9.17, 15) is 14.7 Å². The lowest BCUT2D eigenvalue weighted by atomic mass is 10.1. The van der Waals surface area contributed by atoms with Crippen LogP contribution in [0.3, 0.4) is 0 Å². The van der Waals surface area contributed by atoms with Gasteiger partial charge in [-0.3, -0.25) is 9.59 Å². The van der Waals surface area contributed by atoms with Gasteiger partial charge in [0.25, 0.3) is 5.91 Å². The van der Waals surface area contributed by atoms with Crippen LogP contribution < -0.4 is 0 Å². The summed E-state index contributed by atoms with van der Waals surface area (Å²) in [7, 11) is 0. The summed E-state index contributed by atoms with van der Waals surface area (Å²) in [6.45, 7) is 3.00. The van der Waals surface area contributed by atoms with Gasteiger partial charge in [-0.2, -0.15) is 0 Å². The Bertz CT molecular complexity index is 600. The molecular weight excluding hydrogens is 280 g/mol. The first-order valence-electron chi connectivity index (χ1n) is 7.89. The standard InChI is InChI=1S/C17H22N2O3/c1-12(20)18-7-8-19(11-16(21)10-18)17(22)15-6-5-13-3-2-4-14(13)9-15/h5-6,9,16,21H,2-4,7-8,10-11H2,1H3/t16-/m1/s1. The zero-order valence-electron chi connectivity index (χ0n) is 12.9. The van der Waals surface area contributed by atoms with Gasteiger partial charge in [-0.1, -0.05) is 6.07 Å². The van der Waals surface area contributed by atoms with Crippen LogP contribution in [0.15, 0.2) is 18.2 Å². The summed E-state index contributed by atoms with van der Waals surface area (Å²) in [5, 5.41) is 10.0. The maximum atomic E-state index is 12.7. The second kappa shape index (κ2) is 6.08. The summed E-state index contributed by atoms with van der Waals surface area (Å²) in [6.07, 6.45) is 2.60. The van der Waals surface area contributed by atoms with Crippen molar-refractivity contribution in [1.82, 2.24) is 9.80 Å². The zero-order chi connectivity index (χ0) is 15.7. The van der Waals surface area contributed by atoms with Crippen LogP contribution in [0.1, 0.15) is 34.8 Å². The van der Waals surface area contributed by atoms with Gasteiger partial charge in [-0.05, 0) is 42.5 Å². The van der Waals surface area contributed by atoms with Gasteiger partial charge in [-0.25, -0.2) is 0 Å². The van der Waals surface area contributed by atoms with Crippen LogP contribution in [0.5, 0.6) is 0 Å². The molecule has 1 fully saturated rings. The van der Waals surface area contributed by atoms with Crippen molar-refractivity contribution in [3.63, 3.8) is 0 Å². The van der Waals surface area contributed by atoms with Crippen molar-refractivity contribution < 1.29 is 14.7 Å². The first-order valence-corrected chi connectivity index (χ1v) is 7.89. The third-order valence-electron chi connectivity index (χ3n) is 4.58. The highest BCUT2D eigenvalue weighted by molar-refractivity contribution is 5.94. The van der Waals surface area contributed by atoms with Gasteiger partial charge in [0.15, 0.2) is 0 Å². The van der Waals surface area contributed by atoms with Crippen LogP contribution in [-0.2, 0) is 17.6 Å². The second-order valence-electron chi connectivity index (χ2n) is 6.21. The third kappa shape index (κ3) is 2.99. The number of carbonyl (C=O) groups excluding carboxylic acids is 2. The molecule has 0 aromatic heterocycles. The van der Waals surface area contributed by atoms with Crippen LogP contribution in [0.4, 0.5) is 0 Å². The molecule has 1 N–H and O–H groups in total. The molecule has 5 heteroatoms. The molecule has 5 nitrogen and oxygen atoms in total. The summed E-state index contributed by atoms with van der Waals surface area (Å²) in [6, 6.07) is 5.92. The average molecular weight is 302 g/mol. The minimum atomic E-state index is -0.690. The molecule has 1 aromatic rings. The predicted molar refractivity (Wildman–Crippen MR) is 82.6 cm³/mol. The number of aliphatic hydroxyl groups excluding tert-OH is 1. The van der Waals surface area contributed by atoms with Crippen molar-refractivity contribution in [2.75, 3.05) is 26.2 Å². The molecule has 1 heterocycles. The minimum absolute atomic E-state index is 0.0563. The number of hydrogen-bond donors (Lipinski definition) is 1. The summed E-state index contributed by atoms with van der Waals surface area (Å²) >= 11 is 0. The lowest BCUT2D eigenvalue weighted by Crippen LogP contribution is -2.37. The van der Waals surface area contributed by atoms with Crippen LogP contribution in [0.25, 0.3) is 0 Å². The molecule has 22 heavy (non-hydrogen) atoms. The molecule has 0 radical (unpaired) electrons. The number of carbonyl (C=O) groups is 2. The number of aryl methyl sites for hydroxylation is 2. The molecule has 3 rings (SSSR count). The molecule has 0 bridgehead atoms. The van der Waals surface area contributed by atoms with Gasteiger partial charge in [0.2, 0.25) is 5.91 Å². The molecule has 0 spiro atoms. The monoisotopic (exact) mass is 302 g/mol. The number of rotatable bonds is 1. The number of fused-ring (bicyclic) bond motifs is 1. The van der Waals surface area contributed by atoms with Crippen molar-refractivity contribution in [3.8, 4) is 0 Å². The van der Waals surface area contributed by atoms with Gasteiger partial charge in [0.05, 0.1) is 6.10 Å². The molecule has 118 valence electrons. The number of hydrogen-bond acceptors (Lipinski definition) is 3. The van der Waals surface area contributed by atoms with E-state index < -0.39 is 6.10 Å². The van der Waals surface area contributed by atoms with Gasteiger partial charge in [0.1, 0.15) is 0 Å². The van der Waals surface area contributed by atoms with Crippen molar-refractivity contribution in [3.05, 3.63) is 34.9 Å². The highest BCUT2D eigenvalue weighted by atomic mass is 16.3. The first kappa shape index (κ1) is 15.0. The van der Waals surface area contributed by atoms with Crippen LogP contribution in [0, 0.1) is 0 Å². The summed E-state index contributed by atoms with van der Waals surface area (Å²) in [5.74, 6) is -0.120. The Kier molecular flexibility index (Phi) is 4.16. The maximum Gasteiger partial charge on any atom is 0.254 e. The van der Waals surface area contributed by atoms with Gasteiger partial charge in [-0.15, -0.1) is 0 Å². The fourth-order valence-electron chi connectivity index (χ4n) is 3.35. The van der Waals surface area contributed by atoms with E-state index in [1.54, 1.807) is 9.80 Å². The Morgan fingerprint density at radius 2 is 1.77 bits per heavy atom. The Balaban J connectivity index is 1.75. The van der Waals surface area contributed by atoms with Gasteiger partial charge >= 0.3 is 0 Å². The van der Waals surface area contributed by atoms with Crippen molar-refractivity contribution in [1.29, 1.82) is 0 Å². The number of benzene rings is 1. The lowest BCUT2D eigenvalue weighted by molar-refractivity contribution is -0.129. The average Bonchev–Trinajstić information content (AvgIpc) is 2.87. The summed E-state index contributed by atoms with van der Waals surface area (Å²) in [4.78, 5) is 27.4. The van der Waals surface area contributed by atoms with E-state index in [1.165, 1.54) is 18.1 Å². The Morgan fingerprint density at radius 3 is 2.55 bits per heavy atom. The molecule has 1 aromatic carbocycles. The molecule has 1 saturated heterocycles. The Labute approximate surface area is 130 Å². The van der Waals surface area contributed by atoms with Crippen molar-refractivity contribution >= 4 is 11.8 Å². The van der Waals surface area contributed by atoms with Gasteiger partial charge in [0, 0.05) is 38.7 Å². The number of β-amino-alcohol motifs (C(OH)–C–C–N with tert-alkyl or cyclic N) is 1. The van der Waals surface area contributed by atoms with E-state index in [2.05, 4.69) is 0 Å². The molecule has 2 amide bonds. The molecule has 1 atom stereocenters. The molecule has 2 aliphatic rings. The lowest BCUT2D eigenvalue weighted by Gasteiger charge is -2.22. The van der Waals surface area contributed by atoms with Crippen LogP contribution in [-0.4, -0.2) is 59.0 Å². The Hall–Kier alpha value is -1.88. The highest BCUT2D eigenvalue weighted by Gasteiger charge is 2.26. The fraction of sp³-hybridized carbons (Fsp3) is 0.529. The number of aliphatic hydroxyl groups is 1. The van der Waals surface area contributed by atoms with E-state index in [0.717, 1.165) is 19.3 Å². The quantitative estimate of drug-likeness (QED) is 0.836. The van der Waals surface area contributed by atoms with E-state index in [-0.39, 0.29) is 18.4 Å². The van der Waals surface area contributed by atoms with Gasteiger partial charge < -0.3 is 14.9 Å². The minimum Gasteiger partial charge on any atom is -0.389 e. The van der Waals surface area contributed by atoms with E-state index in [0.29, 0.717) is 25.2 Å². The first-order chi connectivity index (χ1) is 10.5. The van der Waals surface area contributed by atoms with Crippen molar-refractivity contribution in [2.24, 2.45) is 0 Å². The summed E-state index contributed by atoms with van der Waals surface area (Å²) < 4.78 is 0. The molecule has 1 aliphatic carbocycles. The molecular formula is C17H22N2O3. The fourth-order valence-corrected chi connectivity index (χ4v) is 3.35. The SMILES string of the molecule is CC(=O)N1CCN(C(=O)c2ccc3c(c2)CCC3)C[C@H](O)C1. The largest absolute Gasteiger partial charge is 0.389 e. The number of nitrogens with zero attached hydrogens (tertiary/aromatic N) is 2. The van der Waals surface area contributed by atoms with E-state index >= 15 is 0 Å². The number of amides is 2. The third-order valence-corrected chi connectivity index (χ3v) is 4.58. The topological polar surface area (TPSA) is 60.9 Å². The smallest absolute Gasteiger partial charge is 0.254 e. The molecule has 0 unspecified atom stereocenters. The Morgan fingerprint density at radius 1 is 1.09 bits per heavy atom. The molecule has 1 aliphatic heterocycles. The van der Waals surface area contributed by atoms with Crippen LogP contribution in [0.2, 0.25) is 0 Å². The van der Waals surface area contributed by atoms with E-state index in [1.807, 2.05) is 18.2 Å². The normalized spacial score (nSPS) is 21.5. The van der Waals surface area contributed by atoms with Crippen LogP contribution >= 0.6 is 0 Å². The molecule has 0 saturated carbocycles. The summed E-state index contributed by atoms with van der Waals surface area (Å²) in [5.41, 5.74) is 3.30. The van der Waals surface area contributed by atoms with E-state index in [4.69, 9.17) is 0 Å². The zero-order valence-corrected chi connectivity index (χ0v) is 12.9. The van der Waals surface area contributed by atoms with Crippen molar-refractivity contribution in [2.45, 2.75) is 32.3 Å². The predicted octanol–water partition coefficient (Wildman–Crippen LogP) is 0.840. The maximum absolute atomic E-state index is 12.7.